The molecule has 0 heterocycles. The molecule has 0 aliphatic rings. The van der Waals surface area contributed by atoms with E-state index in [1.807, 2.05) is 0 Å². The van der Waals surface area contributed by atoms with Gasteiger partial charge in [0.25, 0.3) is 0 Å². The van der Waals surface area contributed by atoms with Crippen molar-refractivity contribution in [1.29, 1.82) is 0 Å². The summed E-state index contributed by atoms with van der Waals surface area (Å²) in [5.74, 6) is -0.178. The van der Waals surface area contributed by atoms with E-state index in [1.165, 1.54) is 18.2 Å². The summed E-state index contributed by atoms with van der Waals surface area (Å²) < 4.78 is 0. The van der Waals surface area contributed by atoms with Gasteiger partial charge < -0.3 is 15.3 Å². The van der Waals surface area contributed by atoms with Crippen molar-refractivity contribution < 1.29 is 15.3 Å². The van der Waals surface area contributed by atoms with E-state index in [2.05, 4.69) is 0 Å². The Morgan fingerprint density at radius 1 is 1.27 bits per heavy atom. The van der Waals surface area contributed by atoms with Gasteiger partial charge in [-0.15, -0.1) is 0 Å². The number of aliphatic hydroxyl groups excluding tert-OH is 1. The van der Waals surface area contributed by atoms with Crippen LogP contribution in [0.5, 0.6) is 11.5 Å². The van der Waals surface area contributed by atoms with Crippen LogP contribution in [0.25, 0.3) is 0 Å². The third kappa shape index (κ3) is 1.76. The fourth-order valence-electron chi connectivity index (χ4n) is 0.733. The first-order valence-electron chi connectivity index (χ1n) is 2.95. The minimum absolute atomic E-state index is 0.0440. The third-order valence-electron chi connectivity index (χ3n) is 1.27. The molecule has 11 heavy (non-hydrogen) atoms. The average molecular weight is 175 g/mol. The molecular weight excluding hydrogens is 168 g/mol. The zero-order valence-corrected chi connectivity index (χ0v) is 6.28. The fourth-order valence-corrected chi connectivity index (χ4v) is 0.907. The summed E-state index contributed by atoms with van der Waals surface area (Å²) in [7, 11) is 0. The zero-order chi connectivity index (χ0) is 8.43. The first-order valence-corrected chi connectivity index (χ1v) is 3.39. The van der Waals surface area contributed by atoms with Crippen LogP contribution < -0.4 is 0 Å². The van der Waals surface area contributed by atoms with Gasteiger partial charge in [-0.2, -0.15) is 0 Å². The molecule has 0 fully saturated rings. The number of hydrogen-bond donors (Lipinski definition) is 3. The maximum atomic E-state index is 9.05. The zero-order valence-electron chi connectivity index (χ0n) is 5.53. The van der Waals surface area contributed by atoms with E-state index in [0.717, 1.165) is 0 Å². The lowest BCUT2D eigenvalue weighted by molar-refractivity contribution is 0.256. The van der Waals surface area contributed by atoms with Crippen LogP contribution in [-0.2, 0) is 0 Å². The summed E-state index contributed by atoms with van der Waals surface area (Å²) in [5, 5.41) is 26.8. The fraction of sp³-hybridized carbons (Fsp3) is 0.143. The first-order chi connectivity index (χ1) is 5.11. The van der Waals surface area contributed by atoms with Crippen molar-refractivity contribution in [2.75, 3.05) is 0 Å². The number of phenols is 2. The van der Waals surface area contributed by atoms with Crippen molar-refractivity contribution in [3.05, 3.63) is 23.8 Å². The van der Waals surface area contributed by atoms with Crippen LogP contribution in [0.2, 0.25) is 0 Å². The molecule has 0 saturated carbocycles. The lowest BCUT2D eigenvalue weighted by atomic mass is 10.2. The van der Waals surface area contributed by atoms with Gasteiger partial charge in [-0.3, -0.25) is 0 Å². The lowest BCUT2D eigenvalue weighted by Crippen LogP contribution is -1.87. The number of phenolic OH excluding ortho intramolecular Hbond substituents is 2. The molecule has 0 amide bonds. The van der Waals surface area contributed by atoms with Crippen molar-refractivity contribution in [2.24, 2.45) is 0 Å². The van der Waals surface area contributed by atoms with E-state index >= 15 is 0 Å². The van der Waals surface area contributed by atoms with Crippen LogP contribution in [0.1, 0.15) is 11.1 Å². The highest BCUT2D eigenvalue weighted by molar-refractivity contribution is 6.19. The molecule has 1 aromatic rings. The SMILES string of the molecule is Oc1ccc(O)c(C(O)Cl)c1. The van der Waals surface area contributed by atoms with Crippen molar-refractivity contribution in [3.8, 4) is 11.5 Å². The minimum atomic E-state index is -1.29. The monoisotopic (exact) mass is 174 g/mol. The van der Waals surface area contributed by atoms with E-state index < -0.39 is 5.56 Å². The number of benzene rings is 1. The summed E-state index contributed by atoms with van der Waals surface area (Å²) in [6.07, 6.45) is 0. The van der Waals surface area contributed by atoms with Crippen LogP contribution in [0.3, 0.4) is 0 Å². The van der Waals surface area contributed by atoms with Gasteiger partial charge in [-0.25, -0.2) is 0 Å². The van der Waals surface area contributed by atoms with E-state index in [4.69, 9.17) is 26.9 Å². The van der Waals surface area contributed by atoms with Gasteiger partial charge in [-0.1, -0.05) is 11.6 Å². The van der Waals surface area contributed by atoms with Gasteiger partial charge in [0.2, 0.25) is 0 Å². The first kappa shape index (κ1) is 8.17. The molecule has 3 N–H and O–H groups in total. The molecule has 1 aromatic carbocycles. The Morgan fingerprint density at radius 3 is 2.36 bits per heavy atom. The number of hydrogen-bond acceptors (Lipinski definition) is 3. The second-order valence-corrected chi connectivity index (χ2v) is 2.49. The maximum Gasteiger partial charge on any atom is 0.157 e. The number of rotatable bonds is 1. The smallest absolute Gasteiger partial charge is 0.157 e. The summed E-state index contributed by atoms with van der Waals surface area (Å²) in [6.45, 7) is 0. The van der Waals surface area contributed by atoms with Crippen LogP contribution in [0.15, 0.2) is 18.2 Å². The van der Waals surface area contributed by atoms with Gasteiger partial charge >= 0.3 is 0 Å². The van der Waals surface area contributed by atoms with Crippen molar-refractivity contribution in [1.82, 2.24) is 0 Å². The Balaban J connectivity index is 3.13. The van der Waals surface area contributed by atoms with Crippen molar-refractivity contribution in [3.63, 3.8) is 0 Å². The molecule has 0 radical (unpaired) electrons. The molecule has 0 aliphatic carbocycles. The minimum Gasteiger partial charge on any atom is -0.508 e. The van der Waals surface area contributed by atoms with E-state index in [-0.39, 0.29) is 17.1 Å². The van der Waals surface area contributed by atoms with E-state index in [9.17, 15) is 0 Å². The van der Waals surface area contributed by atoms with Gasteiger partial charge in [0.05, 0.1) is 0 Å². The highest BCUT2D eigenvalue weighted by Gasteiger charge is 2.08. The molecular formula is C7H7ClO3. The third-order valence-corrected chi connectivity index (χ3v) is 1.50. The standard InChI is InChI=1S/C7H7ClO3/c8-7(11)5-3-4(9)1-2-6(5)10/h1-3,7,9-11H. The highest BCUT2D eigenvalue weighted by Crippen LogP contribution is 2.29. The predicted octanol–water partition coefficient (Wildman–Crippen LogP) is 1.33. The van der Waals surface area contributed by atoms with Crippen molar-refractivity contribution >= 4 is 11.6 Å². The Morgan fingerprint density at radius 2 is 1.91 bits per heavy atom. The van der Waals surface area contributed by atoms with Gasteiger partial charge in [0.1, 0.15) is 11.5 Å². The van der Waals surface area contributed by atoms with Crippen LogP contribution in [0.4, 0.5) is 0 Å². The Hall–Kier alpha value is -0.930. The largest absolute Gasteiger partial charge is 0.508 e. The van der Waals surface area contributed by atoms with Crippen LogP contribution in [0, 0.1) is 0 Å². The molecule has 3 nitrogen and oxygen atoms in total. The summed E-state index contributed by atoms with van der Waals surface area (Å²) in [5.41, 5.74) is -1.19. The topological polar surface area (TPSA) is 60.7 Å². The second kappa shape index (κ2) is 2.98. The lowest BCUT2D eigenvalue weighted by Gasteiger charge is -2.04. The Kier molecular flexibility index (Phi) is 2.22. The molecule has 1 unspecified atom stereocenters. The van der Waals surface area contributed by atoms with E-state index in [1.54, 1.807) is 0 Å². The molecule has 60 valence electrons. The summed E-state index contributed by atoms with van der Waals surface area (Å²) >= 11 is 5.26. The molecule has 0 aromatic heterocycles. The van der Waals surface area contributed by atoms with Gasteiger partial charge in [0, 0.05) is 5.56 Å². The molecule has 0 bridgehead atoms. The van der Waals surface area contributed by atoms with Gasteiger partial charge in [0.15, 0.2) is 5.56 Å². The average Bonchev–Trinajstić information content (AvgIpc) is 1.94. The molecule has 1 atom stereocenters. The molecule has 0 spiro atoms. The predicted molar refractivity (Wildman–Crippen MR) is 40.6 cm³/mol. The van der Waals surface area contributed by atoms with E-state index in [0.29, 0.717) is 0 Å². The summed E-state index contributed by atoms with van der Waals surface area (Å²) in [4.78, 5) is 0. The van der Waals surface area contributed by atoms with Gasteiger partial charge in [-0.05, 0) is 18.2 Å². The number of aliphatic hydroxyl groups is 1. The number of halogens is 1. The molecule has 0 aliphatic heterocycles. The van der Waals surface area contributed by atoms with Crippen LogP contribution in [-0.4, -0.2) is 15.3 Å². The molecule has 1 rings (SSSR count). The second-order valence-electron chi connectivity index (χ2n) is 2.08. The maximum absolute atomic E-state index is 9.05. The summed E-state index contributed by atoms with van der Waals surface area (Å²) in [6, 6.07) is 3.77. The number of aromatic hydroxyl groups is 2. The Bertz CT molecular complexity index is 260. The van der Waals surface area contributed by atoms with Crippen molar-refractivity contribution in [2.45, 2.75) is 5.56 Å². The Labute approximate surface area is 68.5 Å². The number of alkyl halides is 1. The highest BCUT2D eigenvalue weighted by atomic mass is 35.5. The molecule has 0 saturated heterocycles. The van der Waals surface area contributed by atoms with Crippen LogP contribution >= 0.6 is 11.6 Å². The molecule has 4 heteroatoms. The quantitative estimate of drug-likeness (QED) is 0.445. The normalized spacial score (nSPS) is 12.9.